The van der Waals surface area contributed by atoms with Crippen molar-refractivity contribution in [3.8, 4) is 11.4 Å². The number of halogens is 1. The number of benzene rings is 1. The number of rotatable bonds is 2. The number of methoxy groups -OCH3 is 1. The number of para-hydroxylation sites is 1. The Morgan fingerprint density at radius 1 is 1.22 bits per heavy atom. The van der Waals surface area contributed by atoms with Crippen molar-refractivity contribution in [2.75, 3.05) is 7.11 Å². The Morgan fingerprint density at radius 3 is 2.83 bits per heavy atom. The van der Waals surface area contributed by atoms with Gasteiger partial charge in [-0.25, -0.2) is 4.98 Å². The van der Waals surface area contributed by atoms with Crippen LogP contribution in [0.3, 0.4) is 0 Å². The van der Waals surface area contributed by atoms with Crippen LogP contribution in [0.4, 0.5) is 0 Å². The minimum absolute atomic E-state index is 0.111. The van der Waals surface area contributed by atoms with Gasteiger partial charge in [-0.1, -0.05) is 23.7 Å². The molecule has 4 rings (SSSR count). The lowest BCUT2D eigenvalue weighted by Crippen LogP contribution is -2.16. The van der Waals surface area contributed by atoms with Gasteiger partial charge < -0.3 is 4.74 Å². The van der Waals surface area contributed by atoms with E-state index in [0.29, 0.717) is 15.4 Å². The van der Waals surface area contributed by atoms with E-state index in [0.717, 1.165) is 21.4 Å². The number of aromatic nitrogens is 2. The maximum absolute atomic E-state index is 12.9. The number of hydrogen-bond donors (Lipinski definition) is 0. The Bertz CT molecular complexity index is 1100. The summed E-state index contributed by atoms with van der Waals surface area (Å²) in [6, 6.07) is 11.0. The number of nitrogens with zero attached hydrogens (tertiary/aromatic N) is 2. The van der Waals surface area contributed by atoms with E-state index in [1.165, 1.54) is 11.3 Å². The molecule has 0 spiro atoms. The fraction of sp³-hybridized carbons (Fsp3) is 0.0588. The molecule has 0 aliphatic heterocycles. The van der Waals surface area contributed by atoms with Crippen LogP contribution in [-0.2, 0) is 0 Å². The van der Waals surface area contributed by atoms with Gasteiger partial charge in [-0.15, -0.1) is 11.3 Å². The quantitative estimate of drug-likeness (QED) is 0.546. The number of pyridine rings is 2. The van der Waals surface area contributed by atoms with Gasteiger partial charge in [0.05, 0.1) is 23.2 Å². The van der Waals surface area contributed by atoms with Crippen LogP contribution in [0.25, 0.3) is 26.0 Å². The van der Waals surface area contributed by atoms with E-state index < -0.39 is 0 Å². The molecule has 6 heteroatoms. The molecule has 0 radical (unpaired) electrons. The highest BCUT2D eigenvalue weighted by Gasteiger charge is 2.15. The molecule has 4 aromatic rings. The first-order valence-electron chi connectivity index (χ1n) is 6.92. The molecule has 0 aliphatic carbocycles. The zero-order valence-electron chi connectivity index (χ0n) is 12.1. The molecule has 1 aromatic carbocycles. The van der Waals surface area contributed by atoms with Crippen molar-refractivity contribution in [3.63, 3.8) is 0 Å². The molecule has 3 heterocycles. The predicted molar refractivity (Wildman–Crippen MR) is 94.3 cm³/mol. The van der Waals surface area contributed by atoms with Gasteiger partial charge in [-0.2, -0.15) is 0 Å². The zero-order valence-corrected chi connectivity index (χ0v) is 13.7. The van der Waals surface area contributed by atoms with E-state index in [1.54, 1.807) is 36.2 Å². The molecular formula is C17H11ClN2O2S. The highest BCUT2D eigenvalue weighted by Crippen LogP contribution is 2.36. The van der Waals surface area contributed by atoms with Gasteiger partial charge in [0, 0.05) is 17.8 Å². The highest BCUT2D eigenvalue weighted by atomic mass is 35.5. The van der Waals surface area contributed by atoms with Crippen LogP contribution in [0.2, 0.25) is 5.02 Å². The van der Waals surface area contributed by atoms with E-state index in [-0.39, 0.29) is 5.56 Å². The summed E-state index contributed by atoms with van der Waals surface area (Å²) in [5.74, 6) is 0.719. The lowest BCUT2D eigenvalue weighted by molar-refractivity contribution is 0.420. The third-order valence-corrected chi connectivity index (χ3v) is 5.15. The molecule has 0 unspecified atom stereocenters. The molecule has 0 amide bonds. The molecule has 0 N–H and O–H groups in total. The molecule has 0 saturated heterocycles. The summed E-state index contributed by atoms with van der Waals surface area (Å²) in [4.78, 5) is 18.0. The van der Waals surface area contributed by atoms with Gasteiger partial charge in [0.2, 0.25) is 0 Å². The molecule has 3 aromatic heterocycles. The average Bonchev–Trinajstić information content (AvgIpc) is 2.96. The second-order valence-electron chi connectivity index (χ2n) is 4.98. The van der Waals surface area contributed by atoms with E-state index in [1.807, 2.05) is 24.3 Å². The molecule has 0 fully saturated rings. The van der Waals surface area contributed by atoms with Crippen molar-refractivity contribution in [1.82, 2.24) is 9.55 Å². The lowest BCUT2D eigenvalue weighted by Gasteiger charge is -2.07. The van der Waals surface area contributed by atoms with Crippen LogP contribution < -0.4 is 10.3 Å². The zero-order chi connectivity index (χ0) is 16.0. The minimum atomic E-state index is -0.111. The van der Waals surface area contributed by atoms with Crippen LogP contribution >= 0.6 is 22.9 Å². The molecule has 0 bridgehead atoms. The first-order valence-corrected chi connectivity index (χ1v) is 8.12. The monoisotopic (exact) mass is 342 g/mol. The van der Waals surface area contributed by atoms with E-state index >= 15 is 0 Å². The minimum Gasteiger partial charge on any atom is -0.496 e. The summed E-state index contributed by atoms with van der Waals surface area (Å²) in [5.41, 5.74) is 0.555. The summed E-state index contributed by atoms with van der Waals surface area (Å²) in [6.07, 6.45) is 3.42. The van der Waals surface area contributed by atoms with E-state index in [4.69, 9.17) is 16.3 Å². The van der Waals surface area contributed by atoms with E-state index in [9.17, 15) is 4.79 Å². The van der Waals surface area contributed by atoms with Gasteiger partial charge in [-0.05, 0) is 24.3 Å². The molecule has 0 atom stereocenters. The molecule has 23 heavy (non-hydrogen) atoms. The molecule has 4 nitrogen and oxygen atoms in total. The largest absolute Gasteiger partial charge is 0.496 e. The fourth-order valence-corrected chi connectivity index (χ4v) is 3.98. The second kappa shape index (κ2) is 5.37. The summed E-state index contributed by atoms with van der Waals surface area (Å²) in [7, 11) is 1.61. The molecular weight excluding hydrogens is 332 g/mol. The fourth-order valence-electron chi connectivity index (χ4n) is 2.67. The van der Waals surface area contributed by atoms with Crippen molar-refractivity contribution in [2.45, 2.75) is 0 Å². The Labute approximate surface area is 140 Å². The van der Waals surface area contributed by atoms with Gasteiger partial charge >= 0.3 is 0 Å². The highest BCUT2D eigenvalue weighted by molar-refractivity contribution is 7.25. The normalized spacial score (nSPS) is 11.2. The summed E-state index contributed by atoms with van der Waals surface area (Å²) < 4.78 is 7.60. The Morgan fingerprint density at radius 2 is 2.04 bits per heavy atom. The number of hydrogen-bond acceptors (Lipinski definition) is 4. The van der Waals surface area contributed by atoms with Gasteiger partial charge in [0.1, 0.15) is 15.3 Å². The van der Waals surface area contributed by atoms with Crippen LogP contribution in [0.15, 0.2) is 53.6 Å². The summed E-state index contributed by atoms with van der Waals surface area (Å²) in [5, 5.41) is 2.26. The van der Waals surface area contributed by atoms with Crippen LogP contribution in [0.1, 0.15) is 0 Å². The SMILES string of the molecule is COc1ccnc2sc3c(=O)n(-c4ccccc4Cl)ccc3c12. The number of fused-ring (bicyclic) bond motifs is 3. The smallest absolute Gasteiger partial charge is 0.273 e. The van der Waals surface area contributed by atoms with Crippen LogP contribution in [0, 0.1) is 0 Å². The number of thiophene rings is 1. The van der Waals surface area contributed by atoms with Gasteiger partial charge in [0.25, 0.3) is 5.56 Å². The molecule has 0 aliphatic rings. The maximum atomic E-state index is 12.9. The van der Waals surface area contributed by atoms with Crippen LogP contribution in [0.5, 0.6) is 5.75 Å². The van der Waals surface area contributed by atoms with Crippen molar-refractivity contribution in [1.29, 1.82) is 0 Å². The molecule has 114 valence electrons. The Balaban J connectivity index is 2.09. The molecule has 0 saturated carbocycles. The Hall–Kier alpha value is -2.37. The third kappa shape index (κ3) is 2.12. The first kappa shape index (κ1) is 14.2. The third-order valence-electron chi connectivity index (χ3n) is 3.73. The predicted octanol–water partition coefficient (Wildman–Crippen LogP) is 4.26. The average molecular weight is 343 g/mol. The lowest BCUT2D eigenvalue weighted by atomic mass is 10.2. The van der Waals surface area contributed by atoms with Crippen molar-refractivity contribution < 1.29 is 4.74 Å². The summed E-state index contributed by atoms with van der Waals surface area (Å²) in [6.45, 7) is 0. The number of ether oxygens (including phenoxy) is 1. The summed E-state index contributed by atoms with van der Waals surface area (Å²) >= 11 is 7.58. The van der Waals surface area contributed by atoms with Gasteiger partial charge in [0.15, 0.2) is 0 Å². The second-order valence-corrected chi connectivity index (χ2v) is 6.39. The van der Waals surface area contributed by atoms with Crippen molar-refractivity contribution in [2.24, 2.45) is 0 Å². The van der Waals surface area contributed by atoms with E-state index in [2.05, 4.69) is 4.98 Å². The first-order chi connectivity index (χ1) is 11.2. The standard InChI is InChI=1S/C17H11ClN2O2S/c1-22-13-6-8-19-16-14(13)10-7-9-20(17(21)15(10)23-16)12-5-3-2-4-11(12)18/h2-9H,1H3. The Kier molecular flexibility index (Phi) is 3.32. The van der Waals surface area contributed by atoms with Crippen molar-refractivity contribution >= 4 is 43.2 Å². The van der Waals surface area contributed by atoms with Gasteiger partial charge in [-0.3, -0.25) is 9.36 Å². The van der Waals surface area contributed by atoms with Crippen molar-refractivity contribution in [3.05, 3.63) is 64.2 Å². The topological polar surface area (TPSA) is 44.1 Å². The maximum Gasteiger partial charge on any atom is 0.273 e. The van der Waals surface area contributed by atoms with Crippen LogP contribution in [-0.4, -0.2) is 16.7 Å².